The van der Waals surface area contributed by atoms with Gasteiger partial charge in [0.25, 0.3) is 5.56 Å². The molecule has 8 nitrogen and oxygen atoms in total. The fraction of sp³-hybridized carbons (Fsp3) is 0.296. The van der Waals surface area contributed by atoms with Crippen LogP contribution in [0.25, 0.3) is 22.0 Å². The number of hydrogen-bond acceptors (Lipinski definition) is 6. The number of nitrogens with zero attached hydrogens (tertiary/aromatic N) is 4. The molecule has 4 aromatic rings. The molecule has 2 atom stereocenters. The quantitative estimate of drug-likeness (QED) is 0.461. The maximum Gasteiger partial charge on any atom is 0.250 e. The molecule has 184 valence electrons. The van der Waals surface area contributed by atoms with E-state index in [1.54, 1.807) is 25.1 Å². The highest BCUT2D eigenvalue weighted by Crippen LogP contribution is 2.39. The van der Waals surface area contributed by atoms with Crippen molar-refractivity contribution in [3.05, 3.63) is 82.3 Å². The standard InChI is InChI=1S/C27H27N5O3S/c1-17-10-11-19(13-24(17)36(34,35)28-2)26-21-6-3-4-7-22(21)27(30-29-26)31-14-18-12-20(16-31)23-8-5-9-25(33)32(23)15-18/h3-11,13,18,20,28H,12,14-16H2,1-2H3. The fourth-order valence-electron chi connectivity index (χ4n) is 5.75. The fourth-order valence-corrected chi connectivity index (χ4v) is 6.75. The zero-order valence-electron chi connectivity index (χ0n) is 20.2. The van der Waals surface area contributed by atoms with E-state index in [9.17, 15) is 13.2 Å². The second-order valence-corrected chi connectivity index (χ2v) is 11.6. The number of benzene rings is 2. The molecule has 2 aromatic heterocycles. The molecule has 0 saturated carbocycles. The number of anilines is 1. The van der Waals surface area contributed by atoms with Gasteiger partial charge in [-0.2, -0.15) is 0 Å². The minimum atomic E-state index is -3.60. The second-order valence-electron chi connectivity index (χ2n) is 9.71. The largest absolute Gasteiger partial charge is 0.354 e. The average Bonchev–Trinajstić information content (AvgIpc) is 2.89. The Kier molecular flexibility index (Phi) is 5.42. The summed E-state index contributed by atoms with van der Waals surface area (Å²) >= 11 is 0. The minimum Gasteiger partial charge on any atom is -0.354 e. The third kappa shape index (κ3) is 3.70. The van der Waals surface area contributed by atoms with Crippen LogP contribution in [0.2, 0.25) is 0 Å². The van der Waals surface area contributed by atoms with E-state index in [2.05, 4.69) is 25.9 Å². The summed E-state index contributed by atoms with van der Waals surface area (Å²) in [6.07, 6.45) is 1.06. The number of piperidine rings is 1. The topological polar surface area (TPSA) is 97.2 Å². The van der Waals surface area contributed by atoms with Crippen LogP contribution >= 0.6 is 0 Å². The highest BCUT2D eigenvalue weighted by Gasteiger charge is 2.35. The Morgan fingerprint density at radius 3 is 2.56 bits per heavy atom. The zero-order chi connectivity index (χ0) is 25.0. The first-order valence-corrected chi connectivity index (χ1v) is 13.6. The number of rotatable bonds is 4. The van der Waals surface area contributed by atoms with Crippen molar-refractivity contribution < 1.29 is 8.42 Å². The zero-order valence-corrected chi connectivity index (χ0v) is 21.0. The Morgan fingerprint density at radius 2 is 1.75 bits per heavy atom. The molecule has 6 rings (SSSR count). The van der Waals surface area contributed by atoms with Crippen molar-refractivity contribution in [1.29, 1.82) is 0 Å². The normalized spacial score (nSPS) is 19.3. The van der Waals surface area contributed by atoms with Gasteiger partial charge >= 0.3 is 0 Å². The SMILES string of the molecule is CNS(=O)(=O)c1cc(-c2nnc(N3CC4CC(C3)c3cccc(=O)n3C4)c3ccccc23)ccc1C. The molecule has 1 saturated heterocycles. The number of pyridine rings is 1. The van der Waals surface area contributed by atoms with Crippen LogP contribution in [0, 0.1) is 12.8 Å². The Labute approximate surface area is 209 Å². The number of nitrogens with one attached hydrogen (secondary N) is 1. The highest BCUT2D eigenvalue weighted by atomic mass is 32.2. The first-order chi connectivity index (χ1) is 17.4. The molecule has 0 amide bonds. The van der Waals surface area contributed by atoms with E-state index in [1.807, 2.05) is 41.0 Å². The van der Waals surface area contributed by atoms with Crippen LogP contribution in [-0.4, -0.2) is 43.3 Å². The van der Waals surface area contributed by atoms with Gasteiger partial charge in [0.2, 0.25) is 10.0 Å². The lowest BCUT2D eigenvalue weighted by atomic mass is 9.83. The maximum absolute atomic E-state index is 12.6. The van der Waals surface area contributed by atoms with Crippen LogP contribution in [0.15, 0.2) is 70.4 Å². The molecule has 0 spiro atoms. The van der Waals surface area contributed by atoms with Crippen LogP contribution in [0.1, 0.15) is 23.6 Å². The summed E-state index contributed by atoms with van der Waals surface area (Å²) in [5.41, 5.74) is 3.18. The summed E-state index contributed by atoms with van der Waals surface area (Å²) in [5.74, 6) is 1.45. The average molecular weight is 502 g/mol. The van der Waals surface area contributed by atoms with Crippen molar-refractivity contribution in [1.82, 2.24) is 19.5 Å². The van der Waals surface area contributed by atoms with Crippen LogP contribution in [0.3, 0.4) is 0 Å². The maximum atomic E-state index is 12.6. The molecule has 0 aliphatic carbocycles. The van der Waals surface area contributed by atoms with Gasteiger partial charge in [0, 0.05) is 53.6 Å². The monoisotopic (exact) mass is 501 g/mol. The summed E-state index contributed by atoms with van der Waals surface area (Å²) in [5, 5.41) is 11.2. The number of aryl methyl sites for hydroxylation is 1. The summed E-state index contributed by atoms with van der Waals surface area (Å²) in [6, 6.07) is 18.9. The van der Waals surface area contributed by atoms with Crippen LogP contribution in [0.5, 0.6) is 0 Å². The lowest BCUT2D eigenvalue weighted by molar-refractivity contribution is 0.280. The van der Waals surface area contributed by atoms with Crippen molar-refractivity contribution in [2.24, 2.45) is 5.92 Å². The van der Waals surface area contributed by atoms with E-state index >= 15 is 0 Å². The minimum absolute atomic E-state index is 0.0722. The van der Waals surface area contributed by atoms with Crippen LogP contribution in [-0.2, 0) is 16.6 Å². The molecule has 2 bridgehead atoms. The van der Waals surface area contributed by atoms with Gasteiger partial charge in [-0.1, -0.05) is 42.5 Å². The molecule has 2 unspecified atom stereocenters. The van der Waals surface area contributed by atoms with E-state index in [0.29, 0.717) is 22.7 Å². The second kappa shape index (κ2) is 8.53. The van der Waals surface area contributed by atoms with E-state index in [1.165, 1.54) is 7.05 Å². The van der Waals surface area contributed by atoms with E-state index in [4.69, 9.17) is 0 Å². The molecule has 9 heteroatoms. The van der Waals surface area contributed by atoms with Crippen molar-refractivity contribution in [3.63, 3.8) is 0 Å². The predicted molar refractivity (Wildman–Crippen MR) is 140 cm³/mol. The van der Waals surface area contributed by atoms with Gasteiger partial charge in [-0.05, 0) is 44.0 Å². The van der Waals surface area contributed by atoms with Gasteiger partial charge in [-0.25, -0.2) is 13.1 Å². The lowest BCUT2D eigenvalue weighted by Gasteiger charge is -2.43. The number of fused-ring (bicyclic) bond motifs is 5. The Bertz CT molecular complexity index is 1660. The number of aromatic nitrogens is 3. The van der Waals surface area contributed by atoms with Crippen molar-refractivity contribution in [2.75, 3.05) is 25.0 Å². The molecule has 2 aliphatic rings. The van der Waals surface area contributed by atoms with Gasteiger partial charge in [-0.3, -0.25) is 4.79 Å². The van der Waals surface area contributed by atoms with Crippen molar-refractivity contribution in [2.45, 2.75) is 30.7 Å². The highest BCUT2D eigenvalue weighted by molar-refractivity contribution is 7.89. The van der Waals surface area contributed by atoms with Crippen molar-refractivity contribution >= 4 is 26.6 Å². The molecule has 4 heterocycles. The smallest absolute Gasteiger partial charge is 0.250 e. The summed E-state index contributed by atoms with van der Waals surface area (Å²) in [4.78, 5) is 14.9. The van der Waals surface area contributed by atoms with E-state index in [0.717, 1.165) is 48.3 Å². The third-order valence-electron chi connectivity index (χ3n) is 7.47. The van der Waals surface area contributed by atoms with Crippen LogP contribution < -0.4 is 15.2 Å². The Balaban J connectivity index is 1.43. The van der Waals surface area contributed by atoms with Gasteiger partial charge in [-0.15, -0.1) is 10.2 Å². The summed E-state index contributed by atoms with van der Waals surface area (Å²) < 4.78 is 29.4. The molecule has 2 aromatic carbocycles. The third-order valence-corrected chi connectivity index (χ3v) is 9.02. The molecular formula is C27H27N5O3S. The first kappa shape index (κ1) is 22.9. The lowest BCUT2D eigenvalue weighted by Crippen LogP contribution is -2.47. The van der Waals surface area contributed by atoms with E-state index < -0.39 is 10.0 Å². The Morgan fingerprint density at radius 1 is 0.944 bits per heavy atom. The van der Waals surface area contributed by atoms with Gasteiger partial charge in [0.05, 0.1) is 4.90 Å². The predicted octanol–water partition coefficient (Wildman–Crippen LogP) is 3.30. The number of sulfonamides is 1. The molecule has 36 heavy (non-hydrogen) atoms. The first-order valence-electron chi connectivity index (χ1n) is 12.1. The molecule has 2 aliphatic heterocycles. The molecule has 1 N–H and O–H groups in total. The van der Waals surface area contributed by atoms with Crippen molar-refractivity contribution in [3.8, 4) is 11.3 Å². The van der Waals surface area contributed by atoms with E-state index in [-0.39, 0.29) is 16.4 Å². The van der Waals surface area contributed by atoms with Gasteiger partial charge < -0.3 is 9.47 Å². The Hall–Kier alpha value is -3.56. The summed E-state index contributed by atoms with van der Waals surface area (Å²) in [7, 11) is -2.19. The molecular weight excluding hydrogens is 474 g/mol. The van der Waals surface area contributed by atoms with Gasteiger partial charge in [0.15, 0.2) is 5.82 Å². The molecule has 1 fully saturated rings. The number of hydrogen-bond donors (Lipinski definition) is 1. The van der Waals surface area contributed by atoms with Gasteiger partial charge in [0.1, 0.15) is 5.69 Å². The summed E-state index contributed by atoms with van der Waals surface area (Å²) in [6.45, 7) is 4.08. The van der Waals surface area contributed by atoms with Crippen LogP contribution in [0.4, 0.5) is 5.82 Å². The molecule has 0 radical (unpaired) electrons.